The van der Waals surface area contributed by atoms with E-state index in [9.17, 15) is 14.0 Å². The van der Waals surface area contributed by atoms with E-state index in [1.165, 1.54) is 23.5 Å². The van der Waals surface area contributed by atoms with Crippen LogP contribution < -0.4 is 10.2 Å². The van der Waals surface area contributed by atoms with E-state index in [2.05, 4.69) is 5.32 Å². The fourth-order valence-electron chi connectivity index (χ4n) is 2.52. The lowest BCUT2D eigenvalue weighted by Crippen LogP contribution is -2.37. The number of nitrogens with one attached hydrogen (secondary N) is 1. The minimum atomic E-state index is -0.337. The summed E-state index contributed by atoms with van der Waals surface area (Å²) in [5, 5.41) is 4.82. The van der Waals surface area contributed by atoms with Crippen molar-refractivity contribution in [3.8, 4) is 0 Å². The molecular weight excluding hydrogens is 303 g/mol. The zero-order chi connectivity index (χ0) is 15.5. The standard InChI is InChI=1S/C16H15FN2O2S/c17-11-3-5-13(6-4-11)19-10-12(8-16(19)21)18-15(20)9-14-2-1-7-22-14/h1-7,12H,8-10H2,(H,18,20)/t12-/m0/s1. The van der Waals surface area contributed by atoms with E-state index in [1.54, 1.807) is 17.0 Å². The average Bonchev–Trinajstić information content (AvgIpc) is 3.10. The monoisotopic (exact) mass is 318 g/mol. The lowest BCUT2D eigenvalue weighted by Gasteiger charge is -2.17. The second kappa shape index (κ2) is 6.27. The van der Waals surface area contributed by atoms with Crippen molar-refractivity contribution in [2.45, 2.75) is 18.9 Å². The Balaban J connectivity index is 1.59. The Morgan fingerprint density at radius 2 is 2.09 bits per heavy atom. The van der Waals surface area contributed by atoms with Crippen molar-refractivity contribution < 1.29 is 14.0 Å². The molecule has 0 aliphatic carbocycles. The minimum absolute atomic E-state index is 0.0620. The maximum atomic E-state index is 12.9. The van der Waals surface area contributed by atoms with Gasteiger partial charge in [-0.15, -0.1) is 11.3 Å². The number of halogens is 1. The number of benzene rings is 1. The first-order valence-corrected chi connectivity index (χ1v) is 7.87. The molecule has 1 N–H and O–H groups in total. The summed E-state index contributed by atoms with van der Waals surface area (Å²) in [6.45, 7) is 0.417. The van der Waals surface area contributed by atoms with Crippen molar-refractivity contribution in [2.75, 3.05) is 11.4 Å². The zero-order valence-electron chi connectivity index (χ0n) is 11.8. The Bertz CT molecular complexity index is 670. The number of hydrogen-bond acceptors (Lipinski definition) is 3. The SMILES string of the molecule is O=C(Cc1cccs1)N[C@H]1CC(=O)N(c2ccc(F)cc2)C1. The third kappa shape index (κ3) is 3.33. The second-order valence-electron chi connectivity index (χ2n) is 5.21. The molecule has 0 radical (unpaired) electrons. The number of carbonyl (C=O) groups is 2. The van der Waals surface area contributed by atoms with Gasteiger partial charge in [0.05, 0.1) is 12.5 Å². The predicted octanol–water partition coefficient (Wildman–Crippen LogP) is 2.35. The Hall–Kier alpha value is -2.21. The molecule has 1 aromatic carbocycles. The van der Waals surface area contributed by atoms with Gasteiger partial charge in [-0.2, -0.15) is 0 Å². The van der Waals surface area contributed by atoms with E-state index in [4.69, 9.17) is 0 Å². The summed E-state index contributed by atoms with van der Waals surface area (Å²) in [7, 11) is 0. The summed E-state index contributed by atoms with van der Waals surface area (Å²) in [6.07, 6.45) is 0.604. The van der Waals surface area contributed by atoms with E-state index in [-0.39, 0.29) is 30.1 Å². The van der Waals surface area contributed by atoms with Gasteiger partial charge in [0.1, 0.15) is 5.82 Å². The molecule has 0 unspecified atom stereocenters. The highest BCUT2D eigenvalue weighted by molar-refractivity contribution is 7.10. The first-order chi connectivity index (χ1) is 10.6. The second-order valence-corrected chi connectivity index (χ2v) is 6.24. The van der Waals surface area contributed by atoms with Crippen LogP contribution in [-0.2, 0) is 16.0 Å². The van der Waals surface area contributed by atoms with Crippen molar-refractivity contribution in [1.82, 2.24) is 5.32 Å². The number of anilines is 1. The van der Waals surface area contributed by atoms with Crippen LogP contribution in [0.5, 0.6) is 0 Å². The maximum Gasteiger partial charge on any atom is 0.229 e. The smallest absolute Gasteiger partial charge is 0.229 e. The summed E-state index contributed by atoms with van der Waals surface area (Å²) in [5.41, 5.74) is 0.654. The van der Waals surface area contributed by atoms with Gasteiger partial charge in [-0.05, 0) is 35.7 Å². The van der Waals surface area contributed by atoms with E-state index in [1.807, 2.05) is 17.5 Å². The van der Waals surface area contributed by atoms with Crippen molar-refractivity contribution in [2.24, 2.45) is 0 Å². The minimum Gasteiger partial charge on any atom is -0.351 e. The zero-order valence-corrected chi connectivity index (χ0v) is 12.6. The Labute approximate surface area is 131 Å². The fourth-order valence-corrected chi connectivity index (χ4v) is 3.23. The third-order valence-electron chi connectivity index (χ3n) is 3.54. The van der Waals surface area contributed by atoms with Gasteiger partial charge in [-0.3, -0.25) is 9.59 Å². The van der Waals surface area contributed by atoms with Crippen LogP contribution in [0.1, 0.15) is 11.3 Å². The molecule has 0 saturated carbocycles. The molecular formula is C16H15FN2O2S. The van der Waals surface area contributed by atoms with Crippen molar-refractivity contribution in [3.05, 3.63) is 52.5 Å². The van der Waals surface area contributed by atoms with Gasteiger partial charge < -0.3 is 10.2 Å². The lowest BCUT2D eigenvalue weighted by molar-refractivity contribution is -0.121. The molecule has 6 heteroatoms. The first kappa shape index (κ1) is 14.7. The number of rotatable bonds is 4. The summed E-state index contributed by atoms with van der Waals surface area (Å²) in [6, 6.07) is 9.41. The predicted molar refractivity (Wildman–Crippen MR) is 83.3 cm³/mol. The van der Waals surface area contributed by atoms with Crippen LogP contribution in [0.15, 0.2) is 41.8 Å². The topological polar surface area (TPSA) is 49.4 Å². The highest BCUT2D eigenvalue weighted by atomic mass is 32.1. The molecule has 2 amide bonds. The summed E-state index contributed by atoms with van der Waals surface area (Å²) in [5.74, 6) is -0.481. The van der Waals surface area contributed by atoms with E-state index >= 15 is 0 Å². The molecule has 22 heavy (non-hydrogen) atoms. The van der Waals surface area contributed by atoms with Crippen molar-refractivity contribution in [3.63, 3.8) is 0 Å². The van der Waals surface area contributed by atoms with E-state index in [0.29, 0.717) is 18.7 Å². The van der Waals surface area contributed by atoms with E-state index in [0.717, 1.165) is 4.88 Å². The van der Waals surface area contributed by atoms with Gasteiger partial charge in [-0.1, -0.05) is 6.07 Å². The molecule has 1 aromatic heterocycles. The number of amides is 2. The normalized spacial score (nSPS) is 17.8. The van der Waals surface area contributed by atoms with Crippen LogP contribution in [0, 0.1) is 5.82 Å². The largest absolute Gasteiger partial charge is 0.351 e. The molecule has 1 saturated heterocycles. The Kier molecular flexibility index (Phi) is 4.20. The van der Waals surface area contributed by atoms with Gasteiger partial charge in [0, 0.05) is 23.5 Å². The summed E-state index contributed by atoms with van der Waals surface area (Å²) >= 11 is 1.53. The van der Waals surface area contributed by atoms with Crippen LogP contribution in [0.3, 0.4) is 0 Å². The fraction of sp³-hybridized carbons (Fsp3) is 0.250. The van der Waals surface area contributed by atoms with Gasteiger partial charge in [0.2, 0.25) is 11.8 Å². The molecule has 1 aliphatic heterocycles. The molecule has 3 rings (SSSR count). The van der Waals surface area contributed by atoms with Gasteiger partial charge in [0.25, 0.3) is 0 Å². The lowest BCUT2D eigenvalue weighted by atomic mass is 10.2. The molecule has 1 atom stereocenters. The van der Waals surface area contributed by atoms with Crippen molar-refractivity contribution in [1.29, 1.82) is 0 Å². The average molecular weight is 318 g/mol. The van der Waals surface area contributed by atoms with E-state index < -0.39 is 0 Å². The van der Waals surface area contributed by atoms with Gasteiger partial charge in [0.15, 0.2) is 0 Å². The number of nitrogens with zero attached hydrogens (tertiary/aromatic N) is 1. The molecule has 0 spiro atoms. The van der Waals surface area contributed by atoms with Crippen LogP contribution in [0.4, 0.5) is 10.1 Å². The highest BCUT2D eigenvalue weighted by Crippen LogP contribution is 2.22. The molecule has 2 aromatic rings. The quantitative estimate of drug-likeness (QED) is 0.941. The number of carbonyl (C=O) groups excluding carboxylic acids is 2. The Morgan fingerprint density at radius 3 is 2.77 bits per heavy atom. The molecule has 4 nitrogen and oxygen atoms in total. The summed E-state index contributed by atoms with van der Waals surface area (Å²) < 4.78 is 12.9. The molecule has 0 bridgehead atoms. The van der Waals surface area contributed by atoms with Crippen LogP contribution >= 0.6 is 11.3 Å². The Morgan fingerprint density at radius 1 is 1.32 bits per heavy atom. The number of thiophene rings is 1. The third-order valence-corrected chi connectivity index (χ3v) is 4.42. The number of hydrogen-bond donors (Lipinski definition) is 1. The first-order valence-electron chi connectivity index (χ1n) is 6.99. The van der Waals surface area contributed by atoms with Crippen LogP contribution in [0.2, 0.25) is 0 Å². The van der Waals surface area contributed by atoms with Crippen molar-refractivity contribution >= 4 is 28.8 Å². The maximum absolute atomic E-state index is 12.9. The highest BCUT2D eigenvalue weighted by Gasteiger charge is 2.31. The summed E-state index contributed by atoms with van der Waals surface area (Å²) in [4.78, 5) is 26.6. The van der Waals surface area contributed by atoms with Gasteiger partial charge in [-0.25, -0.2) is 4.39 Å². The van der Waals surface area contributed by atoms with Crippen LogP contribution in [-0.4, -0.2) is 24.4 Å². The van der Waals surface area contributed by atoms with Crippen LogP contribution in [0.25, 0.3) is 0 Å². The molecule has 1 fully saturated rings. The molecule has 1 aliphatic rings. The molecule has 2 heterocycles. The van der Waals surface area contributed by atoms with Gasteiger partial charge >= 0.3 is 0 Å². The molecule has 114 valence electrons.